The van der Waals surface area contributed by atoms with E-state index in [1.807, 2.05) is 18.3 Å². The molecule has 0 aromatic carbocycles. The number of hydrogen-bond acceptors (Lipinski definition) is 2. The van der Waals surface area contributed by atoms with Crippen molar-refractivity contribution < 1.29 is 5.11 Å². The predicted octanol–water partition coefficient (Wildman–Crippen LogP) is 2.78. The molecule has 1 nitrogen and oxygen atoms in total. The van der Waals surface area contributed by atoms with Crippen molar-refractivity contribution >= 4 is 11.3 Å². The summed E-state index contributed by atoms with van der Waals surface area (Å²) in [5.74, 6) is 0. The fraction of sp³-hybridized carbons (Fsp3) is 0.636. The number of aliphatic hydroxyl groups is 1. The number of hydrogen-bond donors (Lipinski definition) is 1. The average Bonchev–Trinajstić information content (AvgIpc) is 2.75. The van der Waals surface area contributed by atoms with Crippen molar-refractivity contribution in [3.8, 4) is 0 Å². The lowest BCUT2D eigenvalue weighted by molar-refractivity contribution is 0.150. The summed E-state index contributed by atoms with van der Waals surface area (Å²) in [6, 6.07) is 2.25. The minimum atomic E-state index is -0.194. The monoisotopic (exact) mass is 196 g/mol. The van der Waals surface area contributed by atoms with Gasteiger partial charge in [-0.2, -0.15) is 0 Å². The summed E-state index contributed by atoms with van der Waals surface area (Å²) < 4.78 is 0. The first-order valence-electron chi connectivity index (χ1n) is 4.82. The van der Waals surface area contributed by atoms with Crippen molar-refractivity contribution in [3.05, 3.63) is 21.4 Å². The summed E-state index contributed by atoms with van der Waals surface area (Å²) in [6.45, 7) is 6.22. The van der Waals surface area contributed by atoms with Crippen LogP contribution in [0.4, 0.5) is 0 Å². The number of aliphatic hydroxyl groups excluding tert-OH is 1. The van der Waals surface area contributed by atoms with Gasteiger partial charge in [-0.05, 0) is 45.2 Å². The van der Waals surface area contributed by atoms with Crippen LogP contribution in [0.25, 0.3) is 0 Å². The second kappa shape index (κ2) is 2.82. The smallest absolute Gasteiger partial charge is 0.0609 e. The number of aryl methyl sites for hydroxylation is 2. The van der Waals surface area contributed by atoms with Gasteiger partial charge in [-0.1, -0.05) is 0 Å². The molecular formula is C11H16OS. The molecule has 2 rings (SSSR count). The van der Waals surface area contributed by atoms with Gasteiger partial charge in [-0.25, -0.2) is 0 Å². The first-order valence-corrected chi connectivity index (χ1v) is 5.63. The van der Waals surface area contributed by atoms with Gasteiger partial charge in [0.2, 0.25) is 0 Å². The first-order chi connectivity index (χ1) is 6.06. The summed E-state index contributed by atoms with van der Waals surface area (Å²) in [7, 11) is 0. The number of rotatable bonds is 2. The third-order valence-corrected chi connectivity index (χ3v) is 4.13. The SMILES string of the molecule is Cc1cc(C2(C(C)O)CC2)c(C)s1. The fourth-order valence-corrected chi connectivity index (χ4v) is 3.20. The van der Waals surface area contributed by atoms with Gasteiger partial charge >= 0.3 is 0 Å². The molecule has 0 bridgehead atoms. The first kappa shape index (κ1) is 9.22. The standard InChI is InChI=1S/C11H16OS/c1-7-6-10(8(2)13-7)11(4-5-11)9(3)12/h6,9,12H,4-5H2,1-3H3. The van der Waals surface area contributed by atoms with Crippen LogP contribution in [-0.4, -0.2) is 11.2 Å². The van der Waals surface area contributed by atoms with Crippen LogP contribution in [0.15, 0.2) is 6.07 Å². The van der Waals surface area contributed by atoms with Gasteiger partial charge in [0, 0.05) is 15.2 Å². The topological polar surface area (TPSA) is 20.2 Å². The van der Waals surface area contributed by atoms with Crippen molar-refractivity contribution in [3.63, 3.8) is 0 Å². The van der Waals surface area contributed by atoms with Crippen LogP contribution in [0.1, 0.15) is 35.1 Å². The molecule has 72 valence electrons. The second-order valence-corrected chi connectivity index (χ2v) is 5.62. The van der Waals surface area contributed by atoms with Crippen LogP contribution in [0.2, 0.25) is 0 Å². The lowest BCUT2D eigenvalue weighted by atomic mass is 9.91. The Balaban J connectivity index is 2.40. The molecule has 0 saturated heterocycles. The quantitative estimate of drug-likeness (QED) is 0.771. The van der Waals surface area contributed by atoms with Crippen LogP contribution < -0.4 is 0 Å². The third kappa shape index (κ3) is 1.32. The van der Waals surface area contributed by atoms with E-state index in [4.69, 9.17) is 0 Å². The fourth-order valence-electron chi connectivity index (χ4n) is 2.17. The molecule has 0 spiro atoms. The molecule has 0 aliphatic heterocycles. The van der Waals surface area contributed by atoms with Crippen LogP contribution in [0.3, 0.4) is 0 Å². The van der Waals surface area contributed by atoms with Crippen molar-refractivity contribution in [2.24, 2.45) is 0 Å². The van der Waals surface area contributed by atoms with E-state index in [2.05, 4.69) is 19.9 Å². The normalized spacial score (nSPS) is 21.5. The summed E-state index contributed by atoms with van der Waals surface area (Å²) in [5, 5.41) is 9.73. The lowest BCUT2D eigenvalue weighted by Gasteiger charge is -2.18. The molecule has 1 atom stereocenters. The summed E-state index contributed by atoms with van der Waals surface area (Å²) >= 11 is 1.84. The maximum atomic E-state index is 9.73. The average molecular weight is 196 g/mol. The van der Waals surface area contributed by atoms with Crippen molar-refractivity contribution in [2.45, 2.75) is 45.1 Å². The second-order valence-electron chi connectivity index (χ2n) is 4.16. The van der Waals surface area contributed by atoms with E-state index in [9.17, 15) is 5.11 Å². The Morgan fingerprint density at radius 2 is 2.08 bits per heavy atom. The van der Waals surface area contributed by atoms with Crippen molar-refractivity contribution in [1.29, 1.82) is 0 Å². The molecule has 1 aliphatic carbocycles. The summed E-state index contributed by atoms with van der Waals surface area (Å²) in [4.78, 5) is 2.75. The Hall–Kier alpha value is -0.340. The van der Waals surface area contributed by atoms with E-state index in [1.165, 1.54) is 15.3 Å². The molecular weight excluding hydrogens is 180 g/mol. The largest absolute Gasteiger partial charge is 0.392 e. The molecule has 1 N–H and O–H groups in total. The Kier molecular flexibility index (Phi) is 2.00. The Morgan fingerprint density at radius 1 is 1.46 bits per heavy atom. The van der Waals surface area contributed by atoms with Gasteiger partial charge in [0.15, 0.2) is 0 Å². The van der Waals surface area contributed by atoms with Crippen molar-refractivity contribution in [1.82, 2.24) is 0 Å². The minimum absolute atomic E-state index is 0.120. The third-order valence-electron chi connectivity index (χ3n) is 3.17. The van der Waals surface area contributed by atoms with Gasteiger partial charge in [-0.3, -0.25) is 0 Å². The molecule has 0 amide bonds. The Labute approximate surface area is 83.4 Å². The van der Waals surface area contributed by atoms with Gasteiger partial charge in [-0.15, -0.1) is 11.3 Å². The Morgan fingerprint density at radius 3 is 2.38 bits per heavy atom. The van der Waals surface area contributed by atoms with E-state index >= 15 is 0 Å². The van der Waals surface area contributed by atoms with E-state index in [0.29, 0.717) is 0 Å². The molecule has 1 aromatic rings. The Bertz CT molecular complexity index is 321. The lowest BCUT2D eigenvalue weighted by Crippen LogP contribution is -2.22. The molecule has 1 aromatic heterocycles. The van der Waals surface area contributed by atoms with Crippen molar-refractivity contribution in [2.75, 3.05) is 0 Å². The molecule has 1 saturated carbocycles. The van der Waals surface area contributed by atoms with E-state index in [-0.39, 0.29) is 11.5 Å². The minimum Gasteiger partial charge on any atom is -0.392 e. The van der Waals surface area contributed by atoms with E-state index in [1.54, 1.807) is 0 Å². The molecule has 1 unspecified atom stereocenters. The van der Waals surface area contributed by atoms with Crippen LogP contribution in [-0.2, 0) is 5.41 Å². The van der Waals surface area contributed by atoms with Crippen LogP contribution in [0, 0.1) is 13.8 Å². The number of thiophene rings is 1. The zero-order valence-electron chi connectivity index (χ0n) is 8.42. The molecule has 0 radical (unpaired) electrons. The van der Waals surface area contributed by atoms with Gasteiger partial charge in [0.25, 0.3) is 0 Å². The van der Waals surface area contributed by atoms with Gasteiger partial charge in [0.05, 0.1) is 6.10 Å². The highest BCUT2D eigenvalue weighted by Gasteiger charge is 2.49. The predicted molar refractivity (Wildman–Crippen MR) is 56.4 cm³/mol. The molecule has 1 heterocycles. The van der Waals surface area contributed by atoms with E-state index < -0.39 is 0 Å². The summed E-state index contributed by atoms with van der Waals surface area (Å²) in [5.41, 5.74) is 1.51. The molecule has 2 heteroatoms. The highest BCUT2D eigenvalue weighted by Crippen LogP contribution is 2.53. The highest BCUT2D eigenvalue weighted by atomic mass is 32.1. The van der Waals surface area contributed by atoms with Gasteiger partial charge in [0.1, 0.15) is 0 Å². The van der Waals surface area contributed by atoms with E-state index in [0.717, 1.165) is 12.8 Å². The zero-order chi connectivity index (χ0) is 9.64. The van der Waals surface area contributed by atoms with Gasteiger partial charge < -0.3 is 5.11 Å². The summed E-state index contributed by atoms with van der Waals surface area (Å²) in [6.07, 6.45) is 2.11. The maximum absolute atomic E-state index is 9.73. The van der Waals surface area contributed by atoms with Crippen LogP contribution in [0.5, 0.6) is 0 Å². The zero-order valence-corrected chi connectivity index (χ0v) is 9.24. The molecule has 13 heavy (non-hydrogen) atoms. The highest BCUT2D eigenvalue weighted by molar-refractivity contribution is 7.12. The van der Waals surface area contributed by atoms with Crippen LogP contribution >= 0.6 is 11.3 Å². The maximum Gasteiger partial charge on any atom is 0.0609 e. The molecule has 1 fully saturated rings. The molecule has 1 aliphatic rings.